The Bertz CT molecular complexity index is 841. The molecule has 3 aromatic rings. The first-order chi connectivity index (χ1) is 9.69. The number of nitriles is 1. The zero-order chi connectivity index (χ0) is 14.1. The third-order valence-electron chi connectivity index (χ3n) is 3.16. The van der Waals surface area contributed by atoms with E-state index in [4.69, 9.17) is 5.26 Å². The summed E-state index contributed by atoms with van der Waals surface area (Å²) in [6.45, 7) is 0. The number of hydrogen-bond acceptors (Lipinski definition) is 2. The predicted octanol–water partition coefficient (Wildman–Crippen LogP) is 3.41. The number of benzene rings is 2. The molecule has 4 heteroatoms. The fraction of sp³-hybridized carbons (Fsp3) is 0. The van der Waals surface area contributed by atoms with E-state index in [2.05, 4.69) is 4.98 Å². The Morgan fingerprint density at radius 1 is 1.15 bits per heavy atom. The van der Waals surface area contributed by atoms with Crippen LogP contribution in [0.3, 0.4) is 0 Å². The minimum Gasteiger partial charge on any atom is -0.360 e. The maximum Gasteiger partial charge on any atom is 0.195 e. The zero-order valence-electron chi connectivity index (χ0n) is 10.4. The van der Waals surface area contributed by atoms with Crippen molar-refractivity contribution in [3.63, 3.8) is 0 Å². The largest absolute Gasteiger partial charge is 0.360 e. The molecule has 3 nitrogen and oxygen atoms in total. The maximum atomic E-state index is 13.3. The number of ketones is 1. The van der Waals surface area contributed by atoms with Crippen molar-refractivity contribution in [3.8, 4) is 6.07 Å². The number of halogens is 1. The normalized spacial score (nSPS) is 10.4. The summed E-state index contributed by atoms with van der Waals surface area (Å²) >= 11 is 0. The van der Waals surface area contributed by atoms with Crippen LogP contribution in [0.25, 0.3) is 10.9 Å². The first-order valence-electron chi connectivity index (χ1n) is 6.00. The lowest BCUT2D eigenvalue weighted by Crippen LogP contribution is -2.00. The van der Waals surface area contributed by atoms with Gasteiger partial charge in [0, 0.05) is 28.2 Å². The number of nitrogens with zero attached hydrogens (tertiary/aromatic N) is 1. The second-order valence-corrected chi connectivity index (χ2v) is 4.41. The molecule has 0 amide bonds. The molecule has 0 saturated heterocycles. The van der Waals surface area contributed by atoms with Crippen LogP contribution in [0.5, 0.6) is 0 Å². The summed E-state index contributed by atoms with van der Waals surface area (Å²) in [7, 11) is 0. The quantitative estimate of drug-likeness (QED) is 0.721. The SMILES string of the molecule is N#Cc1ccc(C(=O)c2c[nH]c3ccc(F)cc23)cc1. The molecule has 1 aromatic heterocycles. The summed E-state index contributed by atoms with van der Waals surface area (Å²) in [5, 5.41) is 9.30. The van der Waals surface area contributed by atoms with Gasteiger partial charge >= 0.3 is 0 Å². The van der Waals surface area contributed by atoms with Crippen molar-refractivity contribution < 1.29 is 9.18 Å². The molecular weight excluding hydrogens is 255 g/mol. The van der Waals surface area contributed by atoms with E-state index in [0.717, 1.165) is 0 Å². The van der Waals surface area contributed by atoms with Crippen LogP contribution < -0.4 is 0 Å². The summed E-state index contributed by atoms with van der Waals surface area (Å²) < 4.78 is 13.3. The Morgan fingerprint density at radius 2 is 1.90 bits per heavy atom. The predicted molar refractivity (Wildman–Crippen MR) is 72.8 cm³/mol. The van der Waals surface area contributed by atoms with Crippen LogP contribution >= 0.6 is 0 Å². The number of H-pyrrole nitrogens is 1. The summed E-state index contributed by atoms with van der Waals surface area (Å²) in [6, 6.07) is 12.6. The van der Waals surface area contributed by atoms with Crippen LogP contribution in [0.15, 0.2) is 48.7 Å². The highest BCUT2D eigenvalue weighted by molar-refractivity contribution is 6.16. The number of nitrogens with one attached hydrogen (secondary N) is 1. The van der Waals surface area contributed by atoms with Gasteiger partial charge in [0.25, 0.3) is 0 Å². The number of fused-ring (bicyclic) bond motifs is 1. The minimum absolute atomic E-state index is 0.202. The van der Waals surface area contributed by atoms with E-state index in [0.29, 0.717) is 27.6 Å². The molecule has 0 saturated carbocycles. The van der Waals surface area contributed by atoms with E-state index in [1.165, 1.54) is 12.1 Å². The molecule has 0 aliphatic carbocycles. The lowest BCUT2D eigenvalue weighted by Gasteiger charge is -2.00. The monoisotopic (exact) mass is 264 g/mol. The molecule has 0 unspecified atom stereocenters. The Balaban J connectivity index is 2.08. The Labute approximate surface area is 114 Å². The van der Waals surface area contributed by atoms with Crippen LogP contribution in [0.2, 0.25) is 0 Å². The molecule has 0 aliphatic heterocycles. The number of hydrogen-bond donors (Lipinski definition) is 1. The van der Waals surface area contributed by atoms with Gasteiger partial charge in [-0.1, -0.05) is 0 Å². The fourth-order valence-corrected chi connectivity index (χ4v) is 2.13. The molecular formula is C16H9FN2O. The topological polar surface area (TPSA) is 56.6 Å². The van der Waals surface area contributed by atoms with Gasteiger partial charge in [-0.05, 0) is 42.5 Å². The Kier molecular flexibility index (Phi) is 2.81. The van der Waals surface area contributed by atoms with Gasteiger partial charge in [-0.25, -0.2) is 4.39 Å². The van der Waals surface area contributed by atoms with Gasteiger partial charge in [-0.2, -0.15) is 5.26 Å². The average Bonchev–Trinajstić information content (AvgIpc) is 2.89. The molecule has 0 spiro atoms. The summed E-state index contributed by atoms with van der Waals surface area (Å²) in [5.41, 5.74) is 2.09. The first kappa shape index (κ1) is 12.1. The molecule has 2 aromatic carbocycles. The van der Waals surface area contributed by atoms with Crippen molar-refractivity contribution in [3.05, 3.63) is 71.2 Å². The Morgan fingerprint density at radius 3 is 2.60 bits per heavy atom. The summed E-state index contributed by atoms with van der Waals surface area (Å²) in [4.78, 5) is 15.4. The van der Waals surface area contributed by atoms with E-state index in [1.54, 1.807) is 36.5 Å². The minimum atomic E-state index is -0.383. The van der Waals surface area contributed by atoms with Crippen molar-refractivity contribution in [1.29, 1.82) is 5.26 Å². The van der Waals surface area contributed by atoms with Gasteiger partial charge in [-0.15, -0.1) is 0 Å². The van der Waals surface area contributed by atoms with Gasteiger partial charge in [0.2, 0.25) is 0 Å². The molecule has 0 aliphatic rings. The molecule has 0 fully saturated rings. The van der Waals surface area contributed by atoms with E-state index in [1.807, 2.05) is 6.07 Å². The highest BCUT2D eigenvalue weighted by Crippen LogP contribution is 2.22. The van der Waals surface area contributed by atoms with Gasteiger partial charge in [0.15, 0.2) is 5.78 Å². The van der Waals surface area contributed by atoms with Crippen LogP contribution in [0.1, 0.15) is 21.5 Å². The first-order valence-corrected chi connectivity index (χ1v) is 6.00. The van der Waals surface area contributed by atoms with Crippen molar-refractivity contribution in [1.82, 2.24) is 4.98 Å². The van der Waals surface area contributed by atoms with Crippen molar-refractivity contribution in [2.45, 2.75) is 0 Å². The smallest absolute Gasteiger partial charge is 0.195 e. The van der Waals surface area contributed by atoms with Gasteiger partial charge in [-0.3, -0.25) is 4.79 Å². The molecule has 20 heavy (non-hydrogen) atoms. The molecule has 0 radical (unpaired) electrons. The highest BCUT2D eigenvalue weighted by atomic mass is 19.1. The number of aromatic nitrogens is 1. The van der Waals surface area contributed by atoms with E-state index < -0.39 is 0 Å². The van der Waals surface area contributed by atoms with Crippen LogP contribution in [-0.2, 0) is 0 Å². The number of aromatic amines is 1. The van der Waals surface area contributed by atoms with Crippen LogP contribution in [-0.4, -0.2) is 10.8 Å². The zero-order valence-corrected chi connectivity index (χ0v) is 10.4. The standard InChI is InChI=1S/C16H9FN2O/c17-12-5-6-15-13(7-12)14(9-19-15)16(20)11-3-1-10(8-18)2-4-11/h1-7,9,19H. The summed E-state index contributed by atoms with van der Waals surface area (Å²) in [6.07, 6.45) is 1.57. The molecule has 0 atom stereocenters. The molecule has 96 valence electrons. The lowest BCUT2D eigenvalue weighted by atomic mass is 10.0. The highest BCUT2D eigenvalue weighted by Gasteiger charge is 2.14. The molecule has 3 rings (SSSR count). The van der Waals surface area contributed by atoms with Crippen LogP contribution in [0, 0.1) is 17.1 Å². The Hall–Kier alpha value is -2.93. The lowest BCUT2D eigenvalue weighted by molar-refractivity contribution is 0.104. The van der Waals surface area contributed by atoms with Crippen molar-refractivity contribution in [2.24, 2.45) is 0 Å². The number of rotatable bonds is 2. The summed E-state index contributed by atoms with van der Waals surface area (Å²) in [5.74, 6) is -0.586. The average molecular weight is 264 g/mol. The third-order valence-corrected chi connectivity index (χ3v) is 3.16. The molecule has 0 bridgehead atoms. The third kappa shape index (κ3) is 1.95. The van der Waals surface area contributed by atoms with Crippen LogP contribution in [0.4, 0.5) is 4.39 Å². The van der Waals surface area contributed by atoms with Gasteiger partial charge < -0.3 is 4.98 Å². The molecule has 1 heterocycles. The van der Waals surface area contributed by atoms with E-state index >= 15 is 0 Å². The number of carbonyl (C=O) groups excluding carboxylic acids is 1. The van der Waals surface area contributed by atoms with Gasteiger partial charge in [0.1, 0.15) is 5.82 Å². The second-order valence-electron chi connectivity index (χ2n) is 4.41. The molecule has 1 N–H and O–H groups in total. The fourth-order valence-electron chi connectivity index (χ4n) is 2.13. The maximum absolute atomic E-state index is 13.3. The van der Waals surface area contributed by atoms with Crippen molar-refractivity contribution in [2.75, 3.05) is 0 Å². The number of carbonyl (C=O) groups is 1. The van der Waals surface area contributed by atoms with Crippen molar-refractivity contribution >= 4 is 16.7 Å². The van der Waals surface area contributed by atoms with Gasteiger partial charge in [0.05, 0.1) is 11.6 Å². The van der Waals surface area contributed by atoms with E-state index in [-0.39, 0.29) is 11.6 Å². The van der Waals surface area contributed by atoms with E-state index in [9.17, 15) is 9.18 Å². The second kappa shape index (κ2) is 4.63.